The Balaban J connectivity index is 1.89. The highest BCUT2D eigenvalue weighted by Crippen LogP contribution is 2.51. The van der Waals surface area contributed by atoms with E-state index in [9.17, 15) is 12.8 Å². The smallest absolute Gasteiger partial charge is 0.306 e. The van der Waals surface area contributed by atoms with Gasteiger partial charge in [0.15, 0.2) is 29.8 Å². The van der Waals surface area contributed by atoms with E-state index in [0.717, 1.165) is 11.8 Å². The van der Waals surface area contributed by atoms with Crippen molar-refractivity contribution < 1.29 is 40.7 Å². The maximum atomic E-state index is 13.6. The SMILES string of the molecule is COCOc1cc(-c2c(OC)cc(-c3ccc(F)cc3)c(OC)c2OS(C)(=O)=O)ccc1OCc1ccccc1. The Morgan fingerprint density at radius 1 is 0.725 bits per heavy atom. The Labute approximate surface area is 232 Å². The predicted molar refractivity (Wildman–Crippen MR) is 149 cm³/mol. The van der Waals surface area contributed by atoms with E-state index in [1.807, 2.05) is 30.3 Å². The standard InChI is InChI=1S/C30H29FO8S/c1-34-19-38-26-16-22(12-15-25(26)37-18-20-8-6-5-7-9-20)28-27(35-2)17-24(21-10-13-23(31)14-11-21)29(36-3)30(28)39-40(4,32)33/h5-17H,18-19H2,1-4H3. The second kappa shape index (κ2) is 12.7. The average molecular weight is 569 g/mol. The van der Waals surface area contributed by atoms with Gasteiger partial charge in [0.1, 0.15) is 18.2 Å². The summed E-state index contributed by atoms with van der Waals surface area (Å²) < 4.78 is 72.2. The van der Waals surface area contributed by atoms with E-state index in [1.54, 1.807) is 36.4 Å². The maximum Gasteiger partial charge on any atom is 0.306 e. The highest BCUT2D eigenvalue weighted by atomic mass is 32.2. The second-order valence-electron chi connectivity index (χ2n) is 8.64. The number of benzene rings is 4. The molecule has 4 rings (SSSR count). The molecule has 0 amide bonds. The van der Waals surface area contributed by atoms with Crippen LogP contribution in [0.15, 0.2) is 78.9 Å². The molecule has 0 aliphatic rings. The summed E-state index contributed by atoms with van der Waals surface area (Å²) in [6.45, 7) is 0.247. The summed E-state index contributed by atoms with van der Waals surface area (Å²) in [7, 11) is 0.319. The predicted octanol–water partition coefficient (Wildman–Crippen LogP) is 6.08. The summed E-state index contributed by atoms with van der Waals surface area (Å²) in [6, 6.07) is 22.1. The average Bonchev–Trinajstić information content (AvgIpc) is 2.94. The number of rotatable bonds is 12. The zero-order valence-electron chi connectivity index (χ0n) is 22.5. The lowest BCUT2D eigenvalue weighted by Gasteiger charge is -2.21. The van der Waals surface area contributed by atoms with Crippen LogP contribution in [-0.4, -0.2) is 42.8 Å². The lowest BCUT2D eigenvalue weighted by molar-refractivity contribution is 0.0484. The van der Waals surface area contributed by atoms with Gasteiger partial charge in [0.2, 0.25) is 0 Å². The Bertz CT molecular complexity index is 1560. The first-order valence-electron chi connectivity index (χ1n) is 12.1. The van der Waals surface area contributed by atoms with Crippen LogP contribution in [0.2, 0.25) is 0 Å². The van der Waals surface area contributed by atoms with Gasteiger partial charge in [-0.05, 0) is 47.0 Å². The van der Waals surface area contributed by atoms with Gasteiger partial charge in [0, 0.05) is 12.7 Å². The molecular formula is C30H29FO8S. The Hall–Kier alpha value is -4.28. The minimum atomic E-state index is -4.01. The van der Waals surface area contributed by atoms with Gasteiger partial charge >= 0.3 is 10.1 Å². The van der Waals surface area contributed by atoms with Gasteiger partial charge in [-0.2, -0.15) is 8.42 Å². The van der Waals surface area contributed by atoms with Gasteiger partial charge in [-0.15, -0.1) is 0 Å². The van der Waals surface area contributed by atoms with Crippen LogP contribution in [0.25, 0.3) is 22.3 Å². The molecule has 10 heteroatoms. The first kappa shape index (κ1) is 28.7. The molecule has 0 heterocycles. The van der Waals surface area contributed by atoms with E-state index in [0.29, 0.717) is 40.4 Å². The van der Waals surface area contributed by atoms with E-state index in [4.69, 9.17) is 27.9 Å². The minimum Gasteiger partial charge on any atom is -0.496 e. The summed E-state index contributed by atoms with van der Waals surface area (Å²) in [5.74, 6) is 0.690. The first-order valence-corrected chi connectivity index (χ1v) is 13.9. The molecule has 4 aromatic rings. The van der Waals surface area contributed by atoms with Crippen molar-refractivity contribution in [3.63, 3.8) is 0 Å². The van der Waals surface area contributed by atoms with Crippen molar-refractivity contribution in [2.75, 3.05) is 34.4 Å². The molecule has 4 aromatic carbocycles. The van der Waals surface area contributed by atoms with Gasteiger partial charge in [0.25, 0.3) is 0 Å². The fourth-order valence-corrected chi connectivity index (χ4v) is 4.54. The Morgan fingerprint density at radius 2 is 1.43 bits per heavy atom. The van der Waals surface area contributed by atoms with E-state index in [2.05, 4.69) is 0 Å². The molecule has 210 valence electrons. The molecule has 0 saturated carbocycles. The monoisotopic (exact) mass is 568 g/mol. The fraction of sp³-hybridized carbons (Fsp3) is 0.200. The zero-order valence-corrected chi connectivity index (χ0v) is 23.3. The van der Waals surface area contributed by atoms with Crippen molar-refractivity contribution in [1.29, 1.82) is 0 Å². The van der Waals surface area contributed by atoms with Crippen LogP contribution >= 0.6 is 0 Å². The number of methoxy groups -OCH3 is 3. The molecule has 0 fully saturated rings. The molecule has 40 heavy (non-hydrogen) atoms. The number of halogens is 1. The summed E-state index contributed by atoms with van der Waals surface area (Å²) in [6.07, 6.45) is 0.931. The quantitative estimate of drug-likeness (QED) is 0.150. The topological polar surface area (TPSA) is 89.5 Å². The lowest BCUT2D eigenvalue weighted by Crippen LogP contribution is -2.09. The van der Waals surface area contributed by atoms with Crippen LogP contribution in [0.3, 0.4) is 0 Å². The van der Waals surface area contributed by atoms with Crippen molar-refractivity contribution >= 4 is 10.1 Å². The Kier molecular flexibility index (Phi) is 9.13. The van der Waals surface area contributed by atoms with E-state index >= 15 is 0 Å². The van der Waals surface area contributed by atoms with Crippen molar-refractivity contribution in [3.05, 3.63) is 90.2 Å². The molecule has 0 N–H and O–H groups in total. The third-order valence-corrected chi connectivity index (χ3v) is 6.28. The highest BCUT2D eigenvalue weighted by molar-refractivity contribution is 7.86. The van der Waals surface area contributed by atoms with Gasteiger partial charge in [-0.25, -0.2) is 4.39 Å². The van der Waals surface area contributed by atoms with E-state index < -0.39 is 15.9 Å². The van der Waals surface area contributed by atoms with Crippen molar-refractivity contribution in [1.82, 2.24) is 0 Å². The molecule has 0 unspecified atom stereocenters. The maximum absolute atomic E-state index is 13.6. The second-order valence-corrected chi connectivity index (χ2v) is 10.2. The molecule has 0 bridgehead atoms. The minimum absolute atomic E-state index is 0.0538. The molecule has 0 spiro atoms. The number of hydrogen-bond donors (Lipinski definition) is 0. The molecule has 0 aliphatic heterocycles. The zero-order chi connectivity index (χ0) is 28.7. The summed E-state index contributed by atoms with van der Waals surface area (Å²) in [4.78, 5) is 0. The molecule has 0 aliphatic carbocycles. The molecule has 8 nitrogen and oxygen atoms in total. The van der Waals surface area contributed by atoms with Crippen LogP contribution in [0, 0.1) is 5.82 Å². The molecule has 0 saturated heterocycles. The van der Waals surface area contributed by atoms with E-state index in [1.165, 1.54) is 33.5 Å². The third kappa shape index (κ3) is 6.83. The Morgan fingerprint density at radius 3 is 2.05 bits per heavy atom. The summed E-state index contributed by atoms with van der Waals surface area (Å²) in [5.41, 5.74) is 2.77. The molecule has 0 atom stereocenters. The fourth-order valence-electron chi connectivity index (χ4n) is 4.08. The van der Waals surface area contributed by atoms with Gasteiger partial charge < -0.3 is 27.9 Å². The van der Waals surface area contributed by atoms with Crippen LogP contribution in [0.5, 0.6) is 28.7 Å². The van der Waals surface area contributed by atoms with E-state index in [-0.39, 0.29) is 24.0 Å². The highest BCUT2D eigenvalue weighted by Gasteiger charge is 2.27. The third-order valence-electron chi connectivity index (χ3n) is 5.82. The first-order chi connectivity index (χ1) is 19.2. The normalized spacial score (nSPS) is 11.1. The number of ether oxygens (including phenoxy) is 5. The molecule has 0 radical (unpaired) electrons. The molecular weight excluding hydrogens is 539 g/mol. The van der Waals surface area contributed by atoms with Crippen molar-refractivity contribution in [3.8, 4) is 51.0 Å². The van der Waals surface area contributed by atoms with Crippen molar-refractivity contribution in [2.24, 2.45) is 0 Å². The van der Waals surface area contributed by atoms with Gasteiger partial charge in [-0.3, -0.25) is 0 Å². The van der Waals surface area contributed by atoms with Gasteiger partial charge in [-0.1, -0.05) is 48.5 Å². The van der Waals surface area contributed by atoms with Gasteiger partial charge in [0.05, 0.1) is 26.0 Å². The van der Waals surface area contributed by atoms with Crippen LogP contribution in [0.1, 0.15) is 5.56 Å². The summed E-state index contributed by atoms with van der Waals surface area (Å²) >= 11 is 0. The van der Waals surface area contributed by atoms with Crippen molar-refractivity contribution in [2.45, 2.75) is 6.61 Å². The molecule has 0 aromatic heterocycles. The lowest BCUT2D eigenvalue weighted by atomic mass is 9.96. The summed E-state index contributed by atoms with van der Waals surface area (Å²) in [5, 5.41) is 0. The van der Waals surface area contributed by atoms with Crippen LogP contribution in [0.4, 0.5) is 4.39 Å². The number of hydrogen-bond acceptors (Lipinski definition) is 8. The van der Waals surface area contributed by atoms with Crippen LogP contribution < -0.4 is 23.1 Å². The van der Waals surface area contributed by atoms with Crippen LogP contribution in [-0.2, 0) is 21.5 Å². The largest absolute Gasteiger partial charge is 0.496 e.